The molecular weight excluding hydrogens is 280 g/mol. The second-order valence-electron chi connectivity index (χ2n) is 5.80. The summed E-state index contributed by atoms with van der Waals surface area (Å²) in [5.41, 5.74) is 4.61. The monoisotopic (exact) mass is 300 g/mol. The SMILES string of the molecule is CC(C)(C)OC(=O)Nc1ccc(Cl)c(C(C)(O)CN)c1. The number of ether oxygens (including phenoxy) is 1. The quantitative estimate of drug-likeness (QED) is 0.801. The zero-order valence-corrected chi connectivity index (χ0v) is 12.9. The zero-order valence-electron chi connectivity index (χ0n) is 12.2. The molecule has 0 spiro atoms. The van der Waals surface area contributed by atoms with Crippen molar-refractivity contribution in [1.82, 2.24) is 0 Å². The Hall–Kier alpha value is -1.30. The van der Waals surface area contributed by atoms with Crippen LogP contribution in [0.15, 0.2) is 18.2 Å². The molecule has 0 aliphatic heterocycles. The molecule has 0 heterocycles. The van der Waals surface area contributed by atoms with E-state index < -0.39 is 17.3 Å². The van der Waals surface area contributed by atoms with Gasteiger partial charge in [-0.05, 0) is 45.9 Å². The van der Waals surface area contributed by atoms with E-state index in [-0.39, 0.29) is 6.54 Å². The minimum Gasteiger partial charge on any atom is -0.444 e. The number of carbonyl (C=O) groups is 1. The number of nitrogens with one attached hydrogen (secondary N) is 1. The second kappa shape index (κ2) is 5.99. The van der Waals surface area contributed by atoms with E-state index in [0.717, 1.165) is 0 Å². The number of carbonyl (C=O) groups excluding carboxylic acids is 1. The summed E-state index contributed by atoms with van der Waals surface area (Å²) in [7, 11) is 0. The van der Waals surface area contributed by atoms with E-state index in [1.807, 2.05) is 0 Å². The van der Waals surface area contributed by atoms with Crippen LogP contribution in [0.4, 0.5) is 10.5 Å². The van der Waals surface area contributed by atoms with Crippen LogP contribution in [0.5, 0.6) is 0 Å². The fourth-order valence-electron chi connectivity index (χ4n) is 1.55. The molecule has 0 saturated heterocycles. The molecule has 1 atom stereocenters. The molecule has 0 saturated carbocycles. The van der Waals surface area contributed by atoms with Crippen molar-refractivity contribution in [2.45, 2.75) is 38.9 Å². The first kappa shape index (κ1) is 16.8. The predicted molar refractivity (Wildman–Crippen MR) is 79.9 cm³/mol. The molecular formula is C14H21ClN2O3. The van der Waals surface area contributed by atoms with Gasteiger partial charge in [-0.1, -0.05) is 11.6 Å². The molecule has 1 aromatic rings. The lowest BCUT2D eigenvalue weighted by atomic mass is 9.96. The van der Waals surface area contributed by atoms with Crippen molar-refractivity contribution in [1.29, 1.82) is 0 Å². The Kier molecular flexibility index (Phi) is 5.02. The Morgan fingerprint density at radius 2 is 2.00 bits per heavy atom. The van der Waals surface area contributed by atoms with Crippen molar-refractivity contribution >= 4 is 23.4 Å². The number of halogens is 1. The fourth-order valence-corrected chi connectivity index (χ4v) is 1.87. The van der Waals surface area contributed by atoms with Crippen LogP contribution in [0, 0.1) is 0 Å². The number of rotatable bonds is 3. The van der Waals surface area contributed by atoms with Gasteiger partial charge in [-0.2, -0.15) is 0 Å². The van der Waals surface area contributed by atoms with Gasteiger partial charge >= 0.3 is 6.09 Å². The Morgan fingerprint density at radius 3 is 2.50 bits per heavy atom. The lowest BCUT2D eigenvalue weighted by molar-refractivity contribution is 0.0630. The van der Waals surface area contributed by atoms with Crippen LogP contribution in [-0.4, -0.2) is 23.3 Å². The number of nitrogens with two attached hydrogens (primary N) is 1. The maximum atomic E-state index is 11.7. The number of hydrogen-bond donors (Lipinski definition) is 3. The van der Waals surface area contributed by atoms with Crippen molar-refractivity contribution in [2.75, 3.05) is 11.9 Å². The summed E-state index contributed by atoms with van der Waals surface area (Å²) in [5.74, 6) is 0. The van der Waals surface area contributed by atoms with Crippen LogP contribution in [0.25, 0.3) is 0 Å². The normalized spacial score (nSPS) is 14.6. The van der Waals surface area contributed by atoms with Crippen LogP contribution in [-0.2, 0) is 10.3 Å². The molecule has 112 valence electrons. The summed E-state index contributed by atoms with van der Waals surface area (Å²) in [4.78, 5) is 11.7. The molecule has 1 unspecified atom stereocenters. The Bertz CT molecular complexity index is 496. The standard InChI is InChI=1S/C14H21ClN2O3/c1-13(2,3)20-12(18)17-9-5-6-11(15)10(7-9)14(4,19)8-16/h5-7,19H,8,16H2,1-4H3,(H,17,18). The Labute approximate surface area is 124 Å². The minimum atomic E-state index is -1.26. The van der Waals surface area contributed by atoms with Crippen molar-refractivity contribution < 1.29 is 14.6 Å². The third-order valence-corrected chi connectivity index (χ3v) is 2.92. The third-order valence-electron chi connectivity index (χ3n) is 2.59. The van der Waals surface area contributed by atoms with E-state index in [4.69, 9.17) is 22.1 Å². The van der Waals surface area contributed by atoms with Gasteiger partial charge in [-0.3, -0.25) is 5.32 Å². The number of hydrogen-bond acceptors (Lipinski definition) is 4. The van der Waals surface area contributed by atoms with Gasteiger partial charge in [0.2, 0.25) is 0 Å². The average molecular weight is 301 g/mol. The van der Waals surface area contributed by atoms with Crippen molar-refractivity contribution in [3.63, 3.8) is 0 Å². The van der Waals surface area contributed by atoms with Crippen LogP contribution < -0.4 is 11.1 Å². The average Bonchev–Trinajstić information content (AvgIpc) is 2.29. The van der Waals surface area contributed by atoms with Gasteiger partial charge in [0, 0.05) is 22.8 Å². The molecule has 0 radical (unpaired) electrons. The van der Waals surface area contributed by atoms with Crippen molar-refractivity contribution in [3.05, 3.63) is 28.8 Å². The summed E-state index contributed by atoms with van der Waals surface area (Å²) in [5, 5.41) is 13.1. The van der Waals surface area contributed by atoms with E-state index in [1.165, 1.54) is 0 Å². The molecule has 5 nitrogen and oxygen atoms in total. The van der Waals surface area contributed by atoms with E-state index in [9.17, 15) is 9.90 Å². The summed E-state index contributed by atoms with van der Waals surface area (Å²) in [6.07, 6.45) is -0.571. The maximum absolute atomic E-state index is 11.7. The predicted octanol–water partition coefficient (Wildman–Crippen LogP) is 2.85. The van der Waals surface area contributed by atoms with Gasteiger partial charge in [0.25, 0.3) is 0 Å². The molecule has 0 bridgehead atoms. The fraction of sp³-hybridized carbons (Fsp3) is 0.500. The number of benzene rings is 1. The van der Waals surface area contributed by atoms with Gasteiger partial charge in [-0.15, -0.1) is 0 Å². The number of amides is 1. The van der Waals surface area contributed by atoms with Gasteiger partial charge in [0.15, 0.2) is 0 Å². The molecule has 1 rings (SSSR count). The largest absolute Gasteiger partial charge is 0.444 e. The van der Waals surface area contributed by atoms with E-state index in [2.05, 4.69) is 5.32 Å². The van der Waals surface area contributed by atoms with Crippen LogP contribution >= 0.6 is 11.6 Å². The van der Waals surface area contributed by atoms with Crippen LogP contribution in [0.3, 0.4) is 0 Å². The molecule has 1 amide bonds. The van der Waals surface area contributed by atoms with Gasteiger partial charge in [0.1, 0.15) is 11.2 Å². The highest BCUT2D eigenvalue weighted by Crippen LogP contribution is 2.30. The zero-order chi connectivity index (χ0) is 15.6. The molecule has 4 N–H and O–H groups in total. The molecule has 0 aliphatic rings. The highest BCUT2D eigenvalue weighted by atomic mass is 35.5. The Balaban J connectivity index is 2.94. The molecule has 0 aromatic heterocycles. The van der Waals surface area contributed by atoms with E-state index in [0.29, 0.717) is 16.3 Å². The smallest absolute Gasteiger partial charge is 0.412 e. The number of aliphatic hydroxyl groups is 1. The summed E-state index contributed by atoms with van der Waals surface area (Å²) in [6.45, 7) is 6.91. The van der Waals surface area contributed by atoms with Gasteiger partial charge in [-0.25, -0.2) is 4.79 Å². The maximum Gasteiger partial charge on any atom is 0.412 e. The van der Waals surface area contributed by atoms with Crippen LogP contribution in [0.1, 0.15) is 33.3 Å². The first-order chi connectivity index (χ1) is 9.05. The molecule has 0 aliphatic carbocycles. The van der Waals surface area contributed by atoms with Gasteiger partial charge in [0.05, 0.1) is 0 Å². The van der Waals surface area contributed by atoms with Crippen molar-refractivity contribution in [3.8, 4) is 0 Å². The highest BCUT2D eigenvalue weighted by Gasteiger charge is 2.25. The second-order valence-corrected chi connectivity index (χ2v) is 6.21. The molecule has 6 heteroatoms. The lowest BCUT2D eigenvalue weighted by Crippen LogP contribution is -2.32. The summed E-state index contributed by atoms with van der Waals surface area (Å²) in [6, 6.07) is 4.80. The molecule has 1 aromatic carbocycles. The summed E-state index contributed by atoms with van der Waals surface area (Å²) < 4.78 is 5.15. The lowest BCUT2D eigenvalue weighted by Gasteiger charge is -2.24. The molecule has 0 fully saturated rings. The third kappa shape index (κ3) is 4.67. The first-order valence-electron chi connectivity index (χ1n) is 6.27. The molecule has 20 heavy (non-hydrogen) atoms. The summed E-state index contributed by atoms with van der Waals surface area (Å²) >= 11 is 6.04. The van der Waals surface area contributed by atoms with Gasteiger partial charge < -0.3 is 15.6 Å². The minimum absolute atomic E-state index is 0.0165. The number of anilines is 1. The highest BCUT2D eigenvalue weighted by molar-refractivity contribution is 6.31. The van der Waals surface area contributed by atoms with E-state index >= 15 is 0 Å². The van der Waals surface area contributed by atoms with E-state index in [1.54, 1.807) is 45.9 Å². The first-order valence-corrected chi connectivity index (χ1v) is 6.65. The Morgan fingerprint density at radius 1 is 1.40 bits per heavy atom. The van der Waals surface area contributed by atoms with Crippen LogP contribution in [0.2, 0.25) is 5.02 Å². The van der Waals surface area contributed by atoms with Crippen molar-refractivity contribution in [2.24, 2.45) is 5.73 Å². The topological polar surface area (TPSA) is 84.6 Å².